The molecule has 2 fully saturated rings. The molecule has 1 atom stereocenters. The highest BCUT2D eigenvalue weighted by Crippen LogP contribution is 2.43. The molecule has 0 aromatic heterocycles. The van der Waals surface area contributed by atoms with Crippen LogP contribution in [0.25, 0.3) is 0 Å². The fraction of sp³-hybridized carbons (Fsp3) is 0.923. The molecule has 5 heteroatoms. The van der Waals surface area contributed by atoms with Crippen molar-refractivity contribution in [1.82, 2.24) is 4.90 Å². The Labute approximate surface area is 108 Å². The van der Waals surface area contributed by atoms with Gasteiger partial charge in [0.25, 0.3) is 0 Å². The van der Waals surface area contributed by atoms with E-state index in [0.717, 1.165) is 19.3 Å². The molecule has 18 heavy (non-hydrogen) atoms. The van der Waals surface area contributed by atoms with Crippen LogP contribution in [0.1, 0.15) is 46.5 Å². The van der Waals surface area contributed by atoms with Crippen LogP contribution in [0.5, 0.6) is 0 Å². The summed E-state index contributed by atoms with van der Waals surface area (Å²) in [4.78, 5) is 13.6. The van der Waals surface area contributed by atoms with Gasteiger partial charge >= 0.3 is 6.09 Å². The van der Waals surface area contributed by atoms with Crippen LogP contribution in [0.3, 0.4) is 0 Å². The van der Waals surface area contributed by atoms with Crippen molar-refractivity contribution in [2.45, 2.75) is 63.2 Å². The van der Waals surface area contributed by atoms with Crippen molar-refractivity contribution < 1.29 is 14.6 Å². The number of carbonyl (C=O) groups is 1. The summed E-state index contributed by atoms with van der Waals surface area (Å²) in [5.41, 5.74) is 4.34. The summed E-state index contributed by atoms with van der Waals surface area (Å²) in [5.74, 6) is 0. The Kier molecular flexibility index (Phi) is 3.10. The number of ether oxygens (including phenoxy) is 1. The predicted molar refractivity (Wildman–Crippen MR) is 68.1 cm³/mol. The van der Waals surface area contributed by atoms with Gasteiger partial charge in [0.2, 0.25) is 0 Å². The van der Waals surface area contributed by atoms with Crippen LogP contribution in [0.4, 0.5) is 4.79 Å². The zero-order chi connectivity index (χ0) is 13.6. The molecule has 104 valence electrons. The Balaban J connectivity index is 1.98. The van der Waals surface area contributed by atoms with E-state index in [0.29, 0.717) is 19.5 Å². The van der Waals surface area contributed by atoms with Crippen molar-refractivity contribution >= 4 is 6.09 Å². The zero-order valence-electron chi connectivity index (χ0n) is 11.5. The topological polar surface area (TPSA) is 75.8 Å². The predicted octanol–water partition coefficient (Wildman–Crippen LogP) is 1.24. The van der Waals surface area contributed by atoms with E-state index in [2.05, 4.69) is 0 Å². The molecule has 0 aromatic rings. The molecule has 2 aliphatic rings. The lowest BCUT2D eigenvalue weighted by Crippen LogP contribution is -2.65. The van der Waals surface area contributed by atoms with Crippen molar-refractivity contribution in [3.05, 3.63) is 0 Å². The van der Waals surface area contributed by atoms with Gasteiger partial charge in [-0.15, -0.1) is 0 Å². The van der Waals surface area contributed by atoms with Crippen molar-refractivity contribution in [2.75, 3.05) is 13.1 Å². The molecule has 0 spiro atoms. The standard InChI is InChI=1S/C13H24N2O3/c1-11(2,3)18-10(16)15-8-7-12(14,9-15)13(17)5-4-6-13/h17H,4-9,14H2,1-3H3. The van der Waals surface area contributed by atoms with Gasteiger partial charge in [-0.2, -0.15) is 0 Å². The third kappa shape index (κ3) is 2.34. The maximum atomic E-state index is 11.9. The van der Waals surface area contributed by atoms with Crippen molar-refractivity contribution in [3.8, 4) is 0 Å². The van der Waals surface area contributed by atoms with Gasteiger partial charge in [0, 0.05) is 13.1 Å². The number of aliphatic hydroxyl groups is 1. The first-order valence-electron chi connectivity index (χ1n) is 6.64. The average molecular weight is 256 g/mol. The lowest BCUT2D eigenvalue weighted by atomic mass is 9.66. The second kappa shape index (κ2) is 4.10. The van der Waals surface area contributed by atoms with Crippen molar-refractivity contribution in [3.63, 3.8) is 0 Å². The minimum Gasteiger partial charge on any atom is -0.444 e. The van der Waals surface area contributed by atoms with E-state index >= 15 is 0 Å². The fourth-order valence-electron chi connectivity index (χ4n) is 2.70. The quantitative estimate of drug-likeness (QED) is 0.740. The SMILES string of the molecule is CC(C)(C)OC(=O)N1CCC(N)(C2(O)CCC2)C1. The van der Waals surface area contributed by atoms with Crippen LogP contribution in [0.15, 0.2) is 0 Å². The van der Waals surface area contributed by atoms with Gasteiger partial charge in [-0.05, 0) is 46.5 Å². The third-order valence-corrected chi connectivity index (χ3v) is 4.06. The largest absolute Gasteiger partial charge is 0.444 e. The molecule has 1 saturated heterocycles. The number of hydrogen-bond acceptors (Lipinski definition) is 4. The first-order valence-corrected chi connectivity index (χ1v) is 6.64. The molecular formula is C13H24N2O3. The number of likely N-dealkylation sites (tertiary alicyclic amines) is 1. The number of carbonyl (C=O) groups excluding carboxylic acids is 1. The lowest BCUT2D eigenvalue weighted by molar-refractivity contribution is -0.0935. The van der Waals surface area contributed by atoms with Crippen molar-refractivity contribution in [2.24, 2.45) is 5.73 Å². The Morgan fingerprint density at radius 2 is 1.94 bits per heavy atom. The molecule has 1 aliphatic carbocycles. The van der Waals surface area contributed by atoms with E-state index < -0.39 is 16.7 Å². The Morgan fingerprint density at radius 3 is 2.39 bits per heavy atom. The molecule has 3 N–H and O–H groups in total. The second-order valence-corrected chi connectivity index (χ2v) is 6.69. The van der Waals surface area contributed by atoms with Crippen LogP contribution < -0.4 is 5.73 Å². The highest BCUT2D eigenvalue weighted by molar-refractivity contribution is 5.68. The molecule has 5 nitrogen and oxygen atoms in total. The Bertz CT molecular complexity index is 347. The maximum absolute atomic E-state index is 11.9. The van der Waals surface area contributed by atoms with Crippen LogP contribution in [0, 0.1) is 0 Å². The van der Waals surface area contributed by atoms with E-state index in [4.69, 9.17) is 10.5 Å². The summed E-state index contributed by atoms with van der Waals surface area (Å²) in [7, 11) is 0. The number of nitrogens with two attached hydrogens (primary N) is 1. The summed E-state index contributed by atoms with van der Waals surface area (Å²) >= 11 is 0. The lowest BCUT2D eigenvalue weighted by Gasteiger charge is -2.48. The Morgan fingerprint density at radius 1 is 1.33 bits per heavy atom. The highest BCUT2D eigenvalue weighted by atomic mass is 16.6. The number of nitrogens with zero attached hydrogens (tertiary/aromatic N) is 1. The molecule has 1 amide bonds. The maximum Gasteiger partial charge on any atom is 0.410 e. The molecule has 0 aromatic carbocycles. The number of amides is 1. The molecule has 1 saturated carbocycles. The fourth-order valence-corrected chi connectivity index (χ4v) is 2.70. The molecule has 1 heterocycles. The van der Waals surface area contributed by atoms with E-state index in [1.165, 1.54) is 0 Å². The van der Waals surface area contributed by atoms with E-state index in [9.17, 15) is 9.90 Å². The normalized spacial score (nSPS) is 31.1. The van der Waals surface area contributed by atoms with Gasteiger partial charge in [0.15, 0.2) is 0 Å². The van der Waals surface area contributed by atoms with Gasteiger partial charge < -0.3 is 20.5 Å². The van der Waals surface area contributed by atoms with Gasteiger partial charge in [-0.3, -0.25) is 0 Å². The second-order valence-electron chi connectivity index (χ2n) is 6.69. The summed E-state index contributed by atoms with van der Waals surface area (Å²) < 4.78 is 5.33. The number of hydrogen-bond donors (Lipinski definition) is 2. The van der Waals surface area contributed by atoms with Gasteiger partial charge in [0.1, 0.15) is 5.60 Å². The van der Waals surface area contributed by atoms with Crippen LogP contribution >= 0.6 is 0 Å². The minimum absolute atomic E-state index is 0.335. The highest BCUT2D eigenvalue weighted by Gasteiger charge is 2.55. The molecule has 0 radical (unpaired) electrons. The zero-order valence-corrected chi connectivity index (χ0v) is 11.5. The summed E-state index contributed by atoms with van der Waals surface area (Å²) in [6, 6.07) is 0. The van der Waals surface area contributed by atoms with Crippen molar-refractivity contribution in [1.29, 1.82) is 0 Å². The van der Waals surface area contributed by atoms with E-state index in [1.807, 2.05) is 20.8 Å². The van der Waals surface area contributed by atoms with Gasteiger partial charge in [0.05, 0.1) is 11.1 Å². The molecular weight excluding hydrogens is 232 g/mol. The molecule has 1 unspecified atom stereocenters. The van der Waals surface area contributed by atoms with Crippen LogP contribution in [0.2, 0.25) is 0 Å². The molecule has 0 bridgehead atoms. The summed E-state index contributed by atoms with van der Waals surface area (Å²) in [6.07, 6.45) is 2.81. The van der Waals surface area contributed by atoms with Crippen LogP contribution in [-0.2, 0) is 4.74 Å². The summed E-state index contributed by atoms with van der Waals surface area (Å²) in [5, 5.41) is 10.4. The summed E-state index contributed by atoms with van der Waals surface area (Å²) in [6.45, 7) is 6.48. The van der Waals surface area contributed by atoms with E-state index in [-0.39, 0.29) is 6.09 Å². The number of rotatable bonds is 1. The monoisotopic (exact) mass is 256 g/mol. The Hall–Kier alpha value is -0.810. The van der Waals surface area contributed by atoms with Gasteiger partial charge in [-0.25, -0.2) is 4.79 Å². The third-order valence-electron chi connectivity index (χ3n) is 4.06. The van der Waals surface area contributed by atoms with Crippen LogP contribution in [-0.4, -0.2) is 45.9 Å². The van der Waals surface area contributed by atoms with Gasteiger partial charge in [-0.1, -0.05) is 0 Å². The first-order chi connectivity index (χ1) is 8.15. The van der Waals surface area contributed by atoms with E-state index in [1.54, 1.807) is 4.90 Å². The average Bonchev–Trinajstić information content (AvgIpc) is 2.56. The molecule has 2 rings (SSSR count). The first kappa shape index (κ1) is 13.6. The molecule has 1 aliphatic heterocycles. The minimum atomic E-state index is -0.788. The smallest absolute Gasteiger partial charge is 0.410 e.